The summed E-state index contributed by atoms with van der Waals surface area (Å²) in [7, 11) is 0. The molecule has 0 saturated carbocycles. The van der Waals surface area contributed by atoms with Crippen LogP contribution >= 0.6 is 0 Å². The normalized spacial score (nSPS) is 31.8. The number of aliphatic hydroxyl groups excluding tert-OH is 1. The van der Waals surface area contributed by atoms with Crippen LogP contribution in [0.2, 0.25) is 0 Å². The molecule has 7 nitrogen and oxygen atoms in total. The molecule has 2 saturated heterocycles. The Kier molecular flexibility index (Phi) is 5.01. The van der Waals surface area contributed by atoms with E-state index in [9.17, 15) is 9.90 Å². The molecule has 28 heavy (non-hydrogen) atoms. The first-order valence-corrected chi connectivity index (χ1v) is 9.41. The second-order valence-electron chi connectivity index (χ2n) is 7.65. The number of benzene rings is 2. The van der Waals surface area contributed by atoms with Crippen molar-refractivity contribution < 1.29 is 28.8 Å². The van der Waals surface area contributed by atoms with Gasteiger partial charge in [-0.15, -0.1) is 0 Å². The second kappa shape index (κ2) is 7.33. The van der Waals surface area contributed by atoms with Gasteiger partial charge in [0, 0.05) is 12.3 Å². The van der Waals surface area contributed by atoms with Crippen LogP contribution in [-0.2, 0) is 19.0 Å². The highest BCUT2D eigenvalue weighted by molar-refractivity contribution is 5.88. The van der Waals surface area contributed by atoms with Crippen molar-refractivity contribution in [3.8, 4) is 5.75 Å². The van der Waals surface area contributed by atoms with Crippen LogP contribution < -0.4 is 10.1 Å². The zero-order valence-corrected chi connectivity index (χ0v) is 16.1. The summed E-state index contributed by atoms with van der Waals surface area (Å²) in [5.41, 5.74) is 0. The molecule has 2 aliphatic heterocycles. The maximum atomic E-state index is 11.8. The van der Waals surface area contributed by atoms with E-state index in [0.29, 0.717) is 5.75 Å². The Bertz CT molecular complexity index is 864. The third-order valence-corrected chi connectivity index (χ3v) is 5.05. The first-order chi connectivity index (χ1) is 13.3. The van der Waals surface area contributed by atoms with Gasteiger partial charge in [0.05, 0.1) is 6.61 Å². The Morgan fingerprint density at radius 1 is 1.21 bits per heavy atom. The minimum absolute atomic E-state index is 0.261. The number of ether oxygens (including phenoxy) is 4. The molecule has 2 heterocycles. The third kappa shape index (κ3) is 3.71. The zero-order valence-electron chi connectivity index (χ0n) is 16.1. The largest absolute Gasteiger partial charge is 0.462 e. The molecule has 0 aromatic heterocycles. The van der Waals surface area contributed by atoms with Gasteiger partial charge in [-0.2, -0.15) is 0 Å². The van der Waals surface area contributed by atoms with Crippen molar-refractivity contribution in [2.45, 2.75) is 57.2 Å². The average molecular weight is 387 g/mol. The second-order valence-corrected chi connectivity index (χ2v) is 7.65. The summed E-state index contributed by atoms with van der Waals surface area (Å²) in [6, 6.07) is 12.8. The molecule has 0 radical (unpaired) electrons. The lowest BCUT2D eigenvalue weighted by Gasteiger charge is -2.49. The molecule has 0 bridgehead atoms. The number of amides is 1. The number of fused-ring (bicyclic) bond motifs is 2. The molecule has 0 aliphatic carbocycles. The summed E-state index contributed by atoms with van der Waals surface area (Å²) < 4.78 is 23.8. The van der Waals surface area contributed by atoms with E-state index in [0.717, 1.165) is 10.8 Å². The molecule has 4 rings (SSSR count). The first-order valence-electron chi connectivity index (χ1n) is 9.41. The maximum absolute atomic E-state index is 11.8. The molecule has 2 fully saturated rings. The summed E-state index contributed by atoms with van der Waals surface area (Å²) in [6.07, 6.45) is -3.04. The topological polar surface area (TPSA) is 86.3 Å². The monoisotopic (exact) mass is 387 g/mol. The van der Waals surface area contributed by atoms with Gasteiger partial charge >= 0.3 is 0 Å². The predicted molar refractivity (Wildman–Crippen MR) is 102 cm³/mol. The van der Waals surface area contributed by atoms with Crippen LogP contribution in [0.3, 0.4) is 0 Å². The molecule has 2 N–H and O–H groups in total. The van der Waals surface area contributed by atoms with E-state index in [-0.39, 0.29) is 12.5 Å². The fraction of sp³-hybridized carbons (Fsp3) is 0.476. The molecule has 1 amide bonds. The number of aliphatic hydroxyl groups is 1. The Labute approximate surface area is 163 Å². The molecule has 5 atom stereocenters. The van der Waals surface area contributed by atoms with Crippen molar-refractivity contribution in [1.29, 1.82) is 0 Å². The lowest BCUT2D eigenvalue weighted by atomic mass is 9.95. The maximum Gasteiger partial charge on any atom is 0.223 e. The number of hydrogen-bond acceptors (Lipinski definition) is 6. The van der Waals surface area contributed by atoms with Crippen molar-refractivity contribution in [2.75, 3.05) is 6.61 Å². The van der Waals surface area contributed by atoms with Crippen molar-refractivity contribution in [1.82, 2.24) is 5.32 Å². The van der Waals surface area contributed by atoms with Crippen LogP contribution in [0.1, 0.15) is 20.8 Å². The van der Waals surface area contributed by atoms with Gasteiger partial charge in [-0.05, 0) is 25.3 Å². The third-order valence-electron chi connectivity index (χ3n) is 5.05. The molecule has 150 valence electrons. The van der Waals surface area contributed by atoms with Crippen LogP contribution in [0.4, 0.5) is 0 Å². The molecule has 2 aliphatic rings. The number of carbonyl (C=O) groups is 1. The summed E-state index contributed by atoms with van der Waals surface area (Å²) in [5, 5.41) is 15.6. The molecular weight excluding hydrogens is 362 g/mol. The molecule has 0 spiro atoms. The van der Waals surface area contributed by atoms with Crippen molar-refractivity contribution in [3.05, 3.63) is 42.5 Å². The highest BCUT2D eigenvalue weighted by atomic mass is 16.8. The smallest absolute Gasteiger partial charge is 0.223 e. The fourth-order valence-corrected chi connectivity index (χ4v) is 3.76. The van der Waals surface area contributed by atoms with Crippen molar-refractivity contribution in [2.24, 2.45) is 0 Å². The van der Waals surface area contributed by atoms with Crippen LogP contribution in [-0.4, -0.2) is 54.1 Å². The number of hydrogen-bond donors (Lipinski definition) is 2. The highest BCUT2D eigenvalue weighted by Gasteiger charge is 2.52. The van der Waals surface area contributed by atoms with E-state index in [1.165, 1.54) is 6.92 Å². The molecule has 0 unspecified atom stereocenters. The quantitative estimate of drug-likeness (QED) is 0.837. The van der Waals surface area contributed by atoms with Gasteiger partial charge in [0.25, 0.3) is 0 Å². The summed E-state index contributed by atoms with van der Waals surface area (Å²) >= 11 is 0. The average Bonchev–Trinajstić information content (AvgIpc) is 2.65. The molecule has 2 aromatic rings. The Balaban J connectivity index is 1.63. The molecule has 7 heteroatoms. The Morgan fingerprint density at radius 2 is 1.96 bits per heavy atom. The van der Waals surface area contributed by atoms with E-state index in [2.05, 4.69) is 5.32 Å². The summed E-state index contributed by atoms with van der Waals surface area (Å²) in [4.78, 5) is 11.8. The van der Waals surface area contributed by atoms with Crippen molar-refractivity contribution in [3.63, 3.8) is 0 Å². The Morgan fingerprint density at radius 3 is 2.75 bits per heavy atom. The van der Waals surface area contributed by atoms with Crippen molar-refractivity contribution >= 4 is 16.7 Å². The highest BCUT2D eigenvalue weighted by Crippen LogP contribution is 2.34. The van der Waals surface area contributed by atoms with E-state index in [1.807, 2.05) is 42.5 Å². The van der Waals surface area contributed by atoms with Gasteiger partial charge in [-0.25, -0.2) is 0 Å². The lowest BCUT2D eigenvalue weighted by molar-refractivity contribution is -0.361. The number of carbonyl (C=O) groups excluding carboxylic acids is 1. The molecular formula is C21H25NO6. The lowest BCUT2D eigenvalue weighted by Crippen LogP contribution is -2.69. The number of nitrogens with one attached hydrogen (secondary N) is 1. The van der Waals surface area contributed by atoms with Crippen LogP contribution in [0.25, 0.3) is 10.8 Å². The number of rotatable bonds is 3. The van der Waals surface area contributed by atoms with Gasteiger partial charge in [-0.3, -0.25) is 4.79 Å². The van der Waals surface area contributed by atoms with Gasteiger partial charge in [-0.1, -0.05) is 36.4 Å². The summed E-state index contributed by atoms with van der Waals surface area (Å²) in [6.45, 7) is 5.21. The summed E-state index contributed by atoms with van der Waals surface area (Å²) in [5.74, 6) is -0.513. The zero-order chi connectivity index (χ0) is 19.9. The standard InChI is InChI=1S/C21H25NO6/c1-12(23)22-17-18(24)19-16(11-25-21(2,3)28-19)27-20(17)26-15-10-6-8-13-7-4-5-9-14(13)15/h4-10,16-20,24H,11H2,1-3H3,(H,22,23)/t16-,17+,18-,19+,20-/m0/s1. The van der Waals surface area contributed by atoms with E-state index < -0.39 is 36.4 Å². The Hall–Kier alpha value is -2.19. The van der Waals surface area contributed by atoms with Gasteiger partial charge in [0.2, 0.25) is 12.2 Å². The minimum atomic E-state index is -1.01. The fourth-order valence-electron chi connectivity index (χ4n) is 3.76. The SMILES string of the molecule is CC(=O)N[C@H]1[C@@H](Oc2cccc3ccccc23)O[C@H]2COC(C)(C)O[C@H]2[C@H]1O. The predicted octanol–water partition coefficient (Wildman–Crippen LogP) is 1.96. The van der Waals surface area contributed by atoms with Gasteiger partial charge in [0.15, 0.2) is 5.79 Å². The van der Waals surface area contributed by atoms with E-state index >= 15 is 0 Å². The van der Waals surface area contributed by atoms with Crippen LogP contribution in [0.5, 0.6) is 5.75 Å². The van der Waals surface area contributed by atoms with E-state index in [4.69, 9.17) is 18.9 Å². The van der Waals surface area contributed by atoms with Crippen LogP contribution in [0.15, 0.2) is 42.5 Å². The van der Waals surface area contributed by atoms with E-state index in [1.54, 1.807) is 13.8 Å². The van der Waals surface area contributed by atoms with Crippen LogP contribution in [0, 0.1) is 0 Å². The van der Waals surface area contributed by atoms with Gasteiger partial charge < -0.3 is 29.4 Å². The van der Waals surface area contributed by atoms with Gasteiger partial charge in [0.1, 0.15) is 30.1 Å². The molecule has 2 aromatic carbocycles. The minimum Gasteiger partial charge on any atom is -0.462 e. The first kappa shape index (κ1) is 19.1.